The lowest BCUT2D eigenvalue weighted by Crippen LogP contribution is -2.07. The van der Waals surface area contributed by atoms with Crippen LogP contribution in [-0.2, 0) is 0 Å². The first-order chi connectivity index (χ1) is 10.2. The summed E-state index contributed by atoms with van der Waals surface area (Å²) in [4.78, 5) is 0.176. The minimum Gasteiger partial charge on any atom is -0.497 e. The van der Waals surface area contributed by atoms with E-state index in [1.165, 1.54) is 5.56 Å². The Bertz CT molecular complexity index is 569. The molecular formula is C18H21BrO2. The zero-order chi connectivity index (χ0) is 15.2. The molecule has 112 valence electrons. The maximum Gasteiger partial charge on any atom is 0.123 e. The number of hydrogen-bond acceptors (Lipinski definition) is 2. The zero-order valence-electron chi connectivity index (χ0n) is 12.7. The molecule has 0 radical (unpaired) electrons. The predicted octanol–water partition coefficient (Wildman–Crippen LogP) is 5.33. The number of halogens is 1. The Balaban J connectivity index is 2.39. The normalized spacial score (nSPS) is 13.5. The molecule has 2 aromatic carbocycles. The topological polar surface area (TPSA) is 18.5 Å². The number of benzene rings is 2. The maximum atomic E-state index is 5.51. The van der Waals surface area contributed by atoms with E-state index in [9.17, 15) is 0 Å². The Morgan fingerprint density at radius 2 is 1.71 bits per heavy atom. The van der Waals surface area contributed by atoms with Gasteiger partial charge in [0.25, 0.3) is 0 Å². The van der Waals surface area contributed by atoms with E-state index in [2.05, 4.69) is 47.1 Å². The van der Waals surface area contributed by atoms with Gasteiger partial charge in [0, 0.05) is 11.5 Å². The van der Waals surface area contributed by atoms with Crippen LogP contribution in [0.1, 0.15) is 35.2 Å². The van der Waals surface area contributed by atoms with Crippen LogP contribution >= 0.6 is 15.9 Å². The molecule has 2 unspecified atom stereocenters. The minimum atomic E-state index is 0.176. The fraction of sp³-hybridized carbons (Fsp3) is 0.333. The third kappa shape index (κ3) is 3.59. The van der Waals surface area contributed by atoms with Crippen molar-refractivity contribution in [1.29, 1.82) is 0 Å². The molecule has 2 atom stereocenters. The van der Waals surface area contributed by atoms with Gasteiger partial charge in [-0.2, -0.15) is 0 Å². The van der Waals surface area contributed by atoms with Gasteiger partial charge < -0.3 is 9.47 Å². The standard InChI is InChI=1S/C18H21BrO2/c1-4-15(13-8-6-5-7-9-13)18(19)16-12-14(20-2)10-11-17(16)21-3/h5-12,15,18H,4H2,1-3H3. The highest BCUT2D eigenvalue weighted by molar-refractivity contribution is 9.09. The lowest BCUT2D eigenvalue weighted by atomic mass is 9.89. The summed E-state index contributed by atoms with van der Waals surface area (Å²) in [5.74, 6) is 2.11. The molecule has 21 heavy (non-hydrogen) atoms. The number of methoxy groups -OCH3 is 2. The van der Waals surface area contributed by atoms with Crippen LogP contribution < -0.4 is 9.47 Å². The van der Waals surface area contributed by atoms with Crippen LogP contribution in [0.25, 0.3) is 0 Å². The number of hydrogen-bond donors (Lipinski definition) is 0. The van der Waals surface area contributed by atoms with Crippen molar-refractivity contribution in [3.63, 3.8) is 0 Å². The SMILES string of the molecule is CCC(c1ccccc1)C(Br)c1cc(OC)ccc1OC. The smallest absolute Gasteiger partial charge is 0.123 e. The lowest BCUT2D eigenvalue weighted by Gasteiger charge is -2.24. The van der Waals surface area contributed by atoms with Crippen molar-refractivity contribution < 1.29 is 9.47 Å². The summed E-state index contributed by atoms with van der Waals surface area (Å²) in [5, 5.41) is 0. The second-order valence-electron chi connectivity index (χ2n) is 4.94. The van der Waals surface area contributed by atoms with E-state index in [0.717, 1.165) is 23.5 Å². The second-order valence-corrected chi connectivity index (χ2v) is 5.92. The van der Waals surface area contributed by atoms with E-state index >= 15 is 0 Å². The summed E-state index contributed by atoms with van der Waals surface area (Å²) >= 11 is 3.87. The molecule has 2 rings (SSSR count). The lowest BCUT2D eigenvalue weighted by molar-refractivity contribution is 0.397. The molecule has 0 saturated heterocycles. The second kappa shape index (κ2) is 7.51. The van der Waals surface area contributed by atoms with Crippen molar-refractivity contribution in [3.8, 4) is 11.5 Å². The molecule has 0 aliphatic heterocycles. The largest absolute Gasteiger partial charge is 0.497 e. The molecule has 0 fully saturated rings. The molecule has 0 saturated carbocycles. The van der Waals surface area contributed by atoms with E-state index in [1.807, 2.05) is 24.3 Å². The average Bonchev–Trinajstić information content (AvgIpc) is 2.55. The van der Waals surface area contributed by atoms with E-state index in [0.29, 0.717) is 5.92 Å². The summed E-state index contributed by atoms with van der Waals surface area (Å²) in [6.45, 7) is 2.21. The number of ether oxygens (including phenoxy) is 2. The quantitative estimate of drug-likeness (QED) is 0.656. The van der Waals surface area contributed by atoms with Crippen LogP contribution in [0.3, 0.4) is 0 Å². The van der Waals surface area contributed by atoms with E-state index in [1.54, 1.807) is 14.2 Å². The summed E-state index contributed by atoms with van der Waals surface area (Å²) in [5.41, 5.74) is 2.44. The molecule has 3 heteroatoms. The summed E-state index contributed by atoms with van der Waals surface area (Å²) < 4.78 is 10.9. The van der Waals surface area contributed by atoms with Crippen molar-refractivity contribution >= 4 is 15.9 Å². The monoisotopic (exact) mass is 348 g/mol. The molecular weight excluding hydrogens is 328 g/mol. The van der Waals surface area contributed by atoms with Crippen LogP contribution in [-0.4, -0.2) is 14.2 Å². The molecule has 2 aromatic rings. The predicted molar refractivity (Wildman–Crippen MR) is 90.7 cm³/mol. The Morgan fingerprint density at radius 1 is 1.00 bits per heavy atom. The van der Waals surface area contributed by atoms with E-state index < -0.39 is 0 Å². The van der Waals surface area contributed by atoms with E-state index in [-0.39, 0.29) is 4.83 Å². The first kappa shape index (κ1) is 15.9. The van der Waals surface area contributed by atoms with Crippen LogP contribution in [0, 0.1) is 0 Å². The van der Waals surface area contributed by atoms with Gasteiger partial charge in [0.1, 0.15) is 11.5 Å². The van der Waals surface area contributed by atoms with Gasteiger partial charge in [0.05, 0.1) is 19.0 Å². The highest BCUT2D eigenvalue weighted by Gasteiger charge is 2.24. The van der Waals surface area contributed by atoms with Gasteiger partial charge in [-0.1, -0.05) is 53.2 Å². The summed E-state index contributed by atoms with van der Waals surface area (Å²) in [7, 11) is 3.39. The molecule has 0 amide bonds. The van der Waals surface area contributed by atoms with Crippen LogP contribution in [0.15, 0.2) is 48.5 Å². The summed E-state index contributed by atoms with van der Waals surface area (Å²) in [6, 6.07) is 16.5. The zero-order valence-corrected chi connectivity index (χ0v) is 14.3. The van der Waals surface area contributed by atoms with Crippen molar-refractivity contribution in [2.75, 3.05) is 14.2 Å². The molecule has 0 N–H and O–H groups in total. The van der Waals surface area contributed by atoms with Gasteiger partial charge >= 0.3 is 0 Å². The van der Waals surface area contributed by atoms with Gasteiger partial charge in [0.2, 0.25) is 0 Å². The molecule has 0 aromatic heterocycles. The van der Waals surface area contributed by atoms with Crippen LogP contribution in [0.5, 0.6) is 11.5 Å². The molecule has 0 spiro atoms. The summed E-state index contributed by atoms with van der Waals surface area (Å²) in [6.07, 6.45) is 1.04. The fourth-order valence-corrected chi connectivity index (χ4v) is 3.62. The van der Waals surface area contributed by atoms with Crippen LogP contribution in [0.2, 0.25) is 0 Å². The van der Waals surface area contributed by atoms with Gasteiger partial charge in [-0.05, 0) is 30.2 Å². The van der Waals surface area contributed by atoms with Gasteiger partial charge in [0.15, 0.2) is 0 Å². The van der Waals surface area contributed by atoms with Crippen molar-refractivity contribution in [2.24, 2.45) is 0 Å². The van der Waals surface area contributed by atoms with E-state index in [4.69, 9.17) is 9.47 Å². The highest BCUT2D eigenvalue weighted by atomic mass is 79.9. The molecule has 0 aliphatic rings. The van der Waals surface area contributed by atoms with Crippen molar-refractivity contribution in [3.05, 3.63) is 59.7 Å². The Hall–Kier alpha value is -1.48. The number of rotatable bonds is 6. The molecule has 2 nitrogen and oxygen atoms in total. The first-order valence-corrected chi connectivity index (χ1v) is 8.03. The first-order valence-electron chi connectivity index (χ1n) is 7.12. The third-order valence-corrected chi connectivity index (χ3v) is 4.89. The molecule has 0 heterocycles. The maximum absolute atomic E-state index is 5.51. The number of alkyl halides is 1. The molecule has 0 aliphatic carbocycles. The molecule has 0 bridgehead atoms. The Labute approximate surface area is 135 Å². The third-order valence-electron chi connectivity index (χ3n) is 3.75. The Morgan fingerprint density at radius 3 is 2.29 bits per heavy atom. The Kier molecular flexibility index (Phi) is 5.68. The fourth-order valence-electron chi connectivity index (χ4n) is 2.58. The van der Waals surface area contributed by atoms with Gasteiger partial charge in [-0.25, -0.2) is 0 Å². The minimum absolute atomic E-state index is 0.176. The highest BCUT2D eigenvalue weighted by Crippen LogP contribution is 2.44. The van der Waals surface area contributed by atoms with Crippen LogP contribution in [0.4, 0.5) is 0 Å². The van der Waals surface area contributed by atoms with Crippen molar-refractivity contribution in [1.82, 2.24) is 0 Å². The van der Waals surface area contributed by atoms with Crippen molar-refractivity contribution in [2.45, 2.75) is 24.1 Å². The van der Waals surface area contributed by atoms with Gasteiger partial charge in [-0.3, -0.25) is 0 Å². The average molecular weight is 349 g/mol. The van der Waals surface area contributed by atoms with Gasteiger partial charge in [-0.15, -0.1) is 0 Å².